The van der Waals surface area contributed by atoms with Crippen molar-refractivity contribution in [1.82, 2.24) is 9.80 Å². The van der Waals surface area contributed by atoms with Gasteiger partial charge < -0.3 is 18.6 Å². The van der Waals surface area contributed by atoms with E-state index in [0.29, 0.717) is 5.58 Å². The number of amides is 2. The van der Waals surface area contributed by atoms with Crippen LogP contribution in [0.2, 0.25) is 0 Å². The van der Waals surface area contributed by atoms with Crippen molar-refractivity contribution in [1.29, 1.82) is 0 Å². The maximum Gasteiger partial charge on any atom is 0.336 e. The molecule has 6 nitrogen and oxygen atoms in total. The summed E-state index contributed by atoms with van der Waals surface area (Å²) in [5.74, 6) is 0.860. The molecule has 0 bridgehead atoms. The largest absolute Gasteiger partial charge is 0.461 e. The van der Waals surface area contributed by atoms with E-state index in [1.165, 1.54) is 6.07 Å². The summed E-state index contributed by atoms with van der Waals surface area (Å²) in [6.45, 7) is 7.48. The number of hydrogen-bond donors (Lipinski definition) is 0. The minimum Gasteiger partial charge on any atom is -0.461 e. The van der Waals surface area contributed by atoms with Gasteiger partial charge in [-0.25, -0.2) is 9.59 Å². The number of rotatable bonds is 0. The van der Waals surface area contributed by atoms with E-state index >= 15 is 0 Å². The predicted molar refractivity (Wildman–Crippen MR) is 97.1 cm³/mol. The highest BCUT2D eigenvalue weighted by Crippen LogP contribution is 2.30. The fraction of sp³-hybridized carbons (Fsp3) is 0.368. The van der Waals surface area contributed by atoms with Crippen LogP contribution in [0.5, 0.6) is 0 Å². The zero-order valence-corrected chi connectivity index (χ0v) is 15.2. The molecule has 1 saturated heterocycles. The second-order valence-corrected chi connectivity index (χ2v) is 6.53. The van der Waals surface area contributed by atoms with Crippen LogP contribution in [0.15, 0.2) is 31.8 Å². The van der Waals surface area contributed by atoms with E-state index in [4.69, 9.17) is 8.83 Å². The highest BCUT2D eigenvalue weighted by molar-refractivity contribution is 5.98. The van der Waals surface area contributed by atoms with Crippen LogP contribution in [-0.2, 0) is 0 Å². The molecule has 2 aromatic heterocycles. The van der Waals surface area contributed by atoms with Crippen LogP contribution in [0, 0.1) is 20.8 Å². The highest BCUT2D eigenvalue weighted by atomic mass is 16.4. The molecule has 0 saturated carbocycles. The Bertz CT molecular complexity index is 1000. The van der Waals surface area contributed by atoms with Gasteiger partial charge in [0, 0.05) is 49.6 Å². The molecule has 0 spiro atoms. The first kappa shape index (κ1) is 17.1. The van der Waals surface area contributed by atoms with Gasteiger partial charge in [-0.3, -0.25) is 0 Å². The van der Waals surface area contributed by atoms with Crippen LogP contribution in [0.4, 0.5) is 4.79 Å². The Balaban J connectivity index is 0.000000192. The normalized spacial score (nSPS) is 14.4. The molecule has 0 atom stereocenters. The third-order valence-corrected chi connectivity index (χ3v) is 4.50. The smallest absolute Gasteiger partial charge is 0.336 e. The van der Waals surface area contributed by atoms with Crippen LogP contribution in [0.3, 0.4) is 0 Å². The molecule has 2 amide bonds. The summed E-state index contributed by atoms with van der Waals surface area (Å²) in [5.41, 5.74) is 2.91. The van der Waals surface area contributed by atoms with Gasteiger partial charge in [0.25, 0.3) is 0 Å². The third-order valence-electron chi connectivity index (χ3n) is 4.50. The molecule has 132 valence electrons. The van der Waals surface area contributed by atoms with Crippen molar-refractivity contribution in [2.45, 2.75) is 20.8 Å². The van der Waals surface area contributed by atoms with Gasteiger partial charge in [-0.1, -0.05) is 0 Å². The van der Waals surface area contributed by atoms with Gasteiger partial charge >= 0.3 is 11.7 Å². The van der Waals surface area contributed by atoms with Gasteiger partial charge in [0.1, 0.15) is 16.9 Å². The van der Waals surface area contributed by atoms with Crippen molar-refractivity contribution in [3.05, 3.63) is 45.5 Å². The summed E-state index contributed by atoms with van der Waals surface area (Å²) >= 11 is 0. The average molecular weight is 342 g/mol. The maximum atomic E-state index is 11.4. The molecule has 1 aliphatic heterocycles. The molecule has 3 aromatic rings. The first-order chi connectivity index (χ1) is 11.8. The number of hydrogen-bond acceptors (Lipinski definition) is 4. The monoisotopic (exact) mass is 342 g/mol. The fourth-order valence-electron chi connectivity index (χ4n) is 3.05. The Morgan fingerprint density at radius 3 is 2.08 bits per heavy atom. The second kappa shape index (κ2) is 6.27. The molecular formula is C19H22N2O4. The summed E-state index contributed by atoms with van der Waals surface area (Å²) in [6.07, 6.45) is 0. The Morgan fingerprint density at radius 2 is 1.52 bits per heavy atom. The average Bonchev–Trinajstić information content (AvgIpc) is 3.06. The summed E-state index contributed by atoms with van der Waals surface area (Å²) in [7, 11) is 3.62. The molecule has 0 aliphatic carbocycles. The molecule has 4 rings (SSSR count). The minimum atomic E-state index is -0.319. The van der Waals surface area contributed by atoms with E-state index in [2.05, 4.69) is 0 Å². The molecule has 1 aromatic carbocycles. The number of fused-ring (bicyclic) bond motifs is 2. The van der Waals surface area contributed by atoms with Crippen molar-refractivity contribution in [2.75, 3.05) is 27.2 Å². The molecule has 1 aliphatic rings. The molecule has 0 radical (unpaired) electrons. The molecule has 0 N–H and O–H groups in total. The molecule has 1 fully saturated rings. The first-order valence-corrected chi connectivity index (χ1v) is 8.18. The summed E-state index contributed by atoms with van der Waals surface area (Å²) < 4.78 is 10.9. The fourth-order valence-corrected chi connectivity index (χ4v) is 3.05. The van der Waals surface area contributed by atoms with Crippen molar-refractivity contribution in [3.8, 4) is 0 Å². The molecule has 0 unspecified atom stereocenters. The quantitative estimate of drug-likeness (QED) is 0.587. The first-order valence-electron chi connectivity index (χ1n) is 8.18. The zero-order chi connectivity index (χ0) is 18.3. The Labute approximate surface area is 145 Å². The van der Waals surface area contributed by atoms with Gasteiger partial charge in [0.15, 0.2) is 0 Å². The maximum absolute atomic E-state index is 11.4. The lowest BCUT2D eigenvalue weighted by Gasteiger charge is -2.07. The lowest BCUT2D eigenvalue weighted by Crippen LogP contribution is -2.25. The zero-order valence-electron chi connectivity index (χ0n) is 15.2. The topological polar surface area (TPSA) is 66.9 Å². The standard InChI is InChI=1S/C14H12O3.C5H10N2O/c1-7-4-12(15)17-14-9(3)13-10(6-11(7)14)5-8(2)16-13;1-6-3-4-7(2)5(6)8/h4-6H,1-3H3;3-4H2,1-2H3. The number of likely N-dealkylation sites (N-methyl/N-ethyl adjacent to an activating group) is 2. The Hall–Kier alpha value is -2.76. The van der Waals surface area contributed by atoms with Crippen LogP contribution in [0.25, 0.3) is 21.9 Å². The Morgan fingerprint density at radius 1 is 0.880 bits per heavy atom. The van der Waals surface area contributed by atoms with E-state index in [1.54, 1.807) is 9.80 Å². The predicted octanol–water partition coefficient (Wildman–Crippen LogP) is 3.45. The van der Waals surface area contributed by atoms with Gasteiger partial charge in [-0.05, 0) is 38.5 Å². The lowest BCUT2D eigenvalue weighted by molar-refractivity contribution is 0.205. The number of carbonyl (C=O) groups is 1. The van der Waals surface area contributed by atoms with Gasteiger partial charge in [-0.15, -0.1) is 0 Å². The summed E-state index contributed by atoms with van der Waals surface area (Å²) in [4.78, 5) is 25.6. The van der Waals surface area contributed by atoms with Gasteiger partial charge in [-0.2, -0.15) is 0 Å². The van der Waals surface area contributed by atoms with Gasteiger partial charge in [0.2, 0.25) is 0 Å². The number of furan rings is 1. The third kappa shape index (κ3) is 3.12. The minimum absolute atomic E-state index is 0.130. The molecule has 25 heavy (non-hydrogen) atoms. The van der Waals surface area contributed by atoms with Gasteiger partial charge in [0.05, 0.1) is 0 Å². The number of aryl methyl sites for hydroxylation is 3. The number of nitrogens with zero attached hydrogens (tertiary/aromatic N) is 2. The van der Waals surface area contributed by atoms with Crippen LogP contribution in [0.1, 0.15) is 16.9 Å². The Kier molecular flexibility index (Phi) is 4.29. The second-order valence-electron chi connectivity index (χ2n) is 6.53. The summed E-state index contributed by atoms with van der Waals surface area (Å²) in [6, 6.07) is 5.64. The van der Waals surface area contributed by atoms with E-state index < -0.39 is 0 Å². The van der Waals surface area contributed by atoms with E-state index in [-0.39, 0.29) is 11.7 Å². The van der Waals surface area contributed by atoms with E-state index in [9.17, 15) is 9.59 Å². The van der Waals surface area contributed by atoms with Crippen molar-refractivity contribution in [3.63, 3.8) is 0 Å². The van der Waals surface area contributed by atoms with E-state index in [0.717, 1.165) is 46.3 Å². The van der Waals surface area contributed by atoms with E-state index in [1.807, 2.05) is 47.0 Å². The molecule has 6 heteroatoms. The van der Waals surface area contributed by atoms with Crippen molar-refractivity contribution in [2.24, 2.45) is 0 Å². The molecular weight excluding hydrogens is 320 g/mol. The summed E-state index contributed by atoms with van der Waals surface area (Å²) in [5, 5.41) is 2.01. The van der Waals surface area contributed by atoms with Crippen molar-refractivity contribution < 1.29 is 13.6 Å². The number of benzene rings is 1. The number of carbonyl (C=O) groups excluding carboxylic acids is 1. The van der Waals surface area contributed by atoms with Crippen LogP contribution in [-0.4, -0.2) is 43.0 Å². The SMILES string of the molecule is CN1CCN(C)C1=O.Cc1cc2cc3c(C)cc(=O)oc3c(C)c2o1. The van der Waals surface area contributed by atoms with Crippen LogP contribution >= 0.6 is 0 Å². The van der Waals surface area contributed by atoms with Crippen molar-refractivity contribution >= 4 is 28.0 Å². The van der Waals surface area contributed by atoms with Crippen LogP contribution < -0.4 is 5.63 Å². The lowest BCUT2D eigenvalue weighted by atomic mass is 10.1. The highest BCUT2D eigenvalue weighted by Gasteiger charge is 2.20. The number of urea groups is 1. The molecule has 3 heterocycles.